The van der Waals surface area contributed by atoms with E-state index >= 15 is 0 Å². The van der Waals surface area contributed by atoms with E-state index in [9.17, 15) is 5.11 Å². The molecule has 1 saturated carbocycles. The molecule has 1 N–H and O–H groups in total. The van der Waals surface area contributed by atoms with Crippen molar-refractivity contribution in [2.45, 2.75) is 63.0 Å². The minimum absolute atomic E-state index is 0.0420. The van der Waals surface area contributed by atoms with Crippen LogP contribution >= 0.6 is 0 Å². The largest absolute Gasteiger partial charge is 0.391 e. The molecule has 1 aliphatic carbocycles. The van der Waals surface area contributed by atoms with Crippen molar-refractivity contribution in [2.75, 3.05) is 13.1 Å². The van der Waals surface area contributed by atoms with E-state index in [1.54, 1.807) is 7.05 Å². The van der Waals surface area contributed by atoms with Gasteiger partial charge in [-0.1, -0.05) is 19.3 Å². The Hall–Kier alpha value is -1.01. The van der Waals surface area contributed by atoms with Gasteiger partial charge in [-0.3, -0.25) is 4.90 Å². The van der Waals surface area contributed by atoms with Crippen molar-refractivity contribution in [1.29, 1.82) is 0 Å². The van der Waals surface area contributed by atoms with Gasteiger partial charge in [-0.05, 0) is 44.0 Å². The van der Waals surface area contributed by atoms with Gasteiger partial charge in [0.2, 0.25) is 0 Å². The molecular weight excluding hydrogens is 254 g/mol. The second-order valence-electron chi connectivity index (χ2n) is 6.27. The maximum absolute atomic E-state index is 10.9. The van der Waals surface area contributed by atoms with Crippen LogP contribution in [0.1, 0.15) is 50.8 Å². The molecule has 1 aliphatic heterocycles. The average Bonchev–Trinajstić information content (AvgIpc) is 3.10. The van der Waals surface area contributed by atoms with Crippen molar-refractivity contribution in [1.82, 2.24) is 25.1 Å². The normalized spacial score (nSPS) is 24.9. The molecule has 1 aromatic rings. The quantitative estimate of drug-likeness (QED) is 0.887. The van der Waals surface area contributed by atoms with E-state index < -0.39 is 0 Å². The standard InChI is InChI=1S/C14H25N5O/c1-18-16-13(15-17-18)11-12(20)14(7-3-4-8-14)19-9-5-2-6-10-19/h12,20H,2-11H2,1H3. The lowest BCUT2D eigenvalue weighted by Crippen LogP contribution is -2.57. The second-order valence-corrected chi connectivity index (χ2v) is 6.27. The number of aliphatic hydroxyl groups is 1. The molecule has 20 heavy (non-hydrogen) atoms. The Bertz CT molecular complexity index is 435. The van der Waals surface area contributed by atoms with Crippen molar-refractivity contribution in [3.63, 3.8) is 0 Å². The molecule has 1 unspecified atom stereocenters. The summed E-state index contributed by atoms with van der Waals surface area (Å²) in [6.07, 6.45) is 8.65. The van der Waals surface area contributed by atoms with Crippen LogP contribution in [0.3, 0.4) is 0 Å². The van der Waals surface area contributed by atoms with Gasteiger partial charge in [-0.25, -0.2) is 0 Å². The average molecular weight is 279 g/mol. The van der Waals surface area contributed by atoms with E-state index in [0.717, 1.165) is 25.9 Å². The lowest BCUT2D eigenvalue weighted by Gasteiger charge is -2.46. The molecule has 0 spiro atoms. The summed E-state index contributed by atoms with van der Waals surface area (Å²) >= 11 is 0. The number of aryl methyl sites for hydroxylation is 1. The van der Waals surface area contributed by atoms with Gasteiger partial charge in [-0.2, -0.15) is 4.80 Å². The minimum atomic E-state index is -0.382. The first kappa shape index (κ1) is 13.9. The lowest BCUT2D eigenvalue weighted by molar-refractivity contribution is -0.0389. The highest BCUT2D eigenvalue weighted by molar-refractivity contribution is 5.03. The Balaban J connectivity index is 1.75. The van der Waals surface area contributed by atoms with Gasteiger partial charge in [-0.15, -0.1) is 10.2 Å². The monoisotopic (exact) mass is 279 g/mol. The summed E-state index contributed by atoms with van der Waals surface area (Å²) in [5, 5.41) is 23.0. The van der Waals surface area contributed by atoms with Crippen molar-refractivity contribution >= 4 is 0 Å². The molecule has 6 nitrogen and oxygen atoms in total. The molecule has 0 radical (unpaired) electrons. The summed E-state index contributed by atoms with van der Waals surface area (Å²) in [6, 6.07) is 0. The Labute approximate surface area is 120 Å². The van der Waals surface area contributed by atoms with Crippen molar-refractivity contribution in [3.8, 4) is 0 Å². The Morgan fingerprint density at radius 2 is 1.85 bits per heavy atom. The van der Waals surface area contributed by atoms with E-state index in [2.05, 4.69) is 20.3 Å². The smallest absolute Gasteiger partial charge is 0.177 e. The molecule has 1 aromatic heterocycles. The molecule has 6 heteroatoms. The van der Waals surface area contributed by atoms with Crippen LogP contribution in [0.4, 0.5) is 0 Å². The summed E-state index contributed by atoms with van der Waals surface area (Å²) in [4.78, 5) is 4.01. The third-order valence-electron chi connectivity index (χ3n) is 5.00. The second kappa shape index (κ2) is 5.77. The summed E-state index contributed by atoms with van der Waals surface area (Å²) < 4.78 is 0. The van der Waals surface area contributed by atoms with Crippen molar-refractivity contribution < 1.29 is 5.11 Å². The van der Waals surface area contributed by atoms with E-state index in [-0.39, 0.29) is 11.6 Å². The molecule has 2 heterocycles. The van der Waals surface area contributed by atoms with Crippen LogP contribution in [-0.2, 0) is 13.5 Å². The molecule has 112 valence electrons. The summed E-state index contributed by atoms with van der Waals surface area (Å²) in [7, 11) is 1.76. The van der Waals surface area contributed by atoms with Gasteiger partial charge in [0, 0.05) is 12.0 Å². The lowest BCUT2D eigenvalue weighted by atomic mass is 9.84. The van der Waals surface area contributed by atoms with E-state index in [4.69, 9.17) is 0 Å². The van der Waals surface area contributed by atoms with Crippen LogP contribution in [0, 0.1) is 0 Å². The van der Waals surface area contributed by atoms with Crippen LogP contribution in [0.2, 0.25) is 0 Å². The number of hydrogen-bond acceptors (Lipinski definition) is 5. The van der Waals surface area contributed by atoms with Crippen LogP contribution in [0.25, 0.3) is 0 Å². The van der Waals surface area contributed by atoms with E-state index in [0.29, 0.717) is 12.2 Å². The van der Waals surface area contributed by atoms with Crippen LogP contribution in [-0.4, -0.2) is 54.9 Å². The predicted molar refractivity (Wildman–Crippen MR) is 75.1 cm³/mol. The van der Waals surface area contributed by atoms with Gasteiger partial charge in [0.15, 0.2) is 5.82 Å². The van der Waals surface area contributed by atoms with Crippen molar-refractivity contribution in [3.05, 3.63) is 5.82 Å². The van der Waals surface area contributed by atoms with Crippen LogP contribution in [0.15, 0.2) is 0 Å². The molecule has 1 saturated heterocycles. The molecule has 2 fully saturated rings. The number of likely N-dealkylation sites (tertiary alicyclic amines) is 1. The van der Waals surface area contributed by atoms with E-state index in [1.807, 2.05) is 0 Å². The number of nitrogens with zero attached hydrogens (tertiary/aromatic N) is 5. The summed E-state index contributed by atoms with van der Waals surface area (Å²) in [5.74, 6) is 0.656. The van der Waals surface area contributed by atoms with Gasteiger partial charge < -0.3 is 5.11 Å². The summed E-state index contributed by atoms with van der Waals surface area (Å²) in [5.41, 5.74) is -0.0420. The van der Waals surface area contributed by atoms with Crippen LogP contribution in [0.5, 0.6) is 0 Å². The zero-order chi connectivity index (χ0) is 14.0. The fourth-order valence-corrected chi connectivity index (χ4v) is 3.95. The molecule has 0 bridgehead atoms. The SMILES string of the molecule is Cn1nnc(CC(O)C2(N3CCCCC3)CCCC2)n1. The predicted octanol–water partition coefficient (Wildman–Crippen LogP) is 0.912. The Morgan fingerprint density at radius 1 is 1.15 bits per heavy atom. The molecule has 0 aromatic carbocycles. The topological polar surface area (TPSA) is 67.1 Å². The molecule has 2 aliphatic rings. The number of aliphatic hydroxyl groups excluding tert-OH is 1. The Kier molecular flexibility index (Phi) is 4.03. The highest BCUT2D eigenvalue weighted by Crippen LogP contribution is 2.40. The minimum Gasteiger partial charge on any atom is -0.391 e. The maximum atomic E-state index is 10.9. The first-order chi connectivity index (χ1) is 9.71. The third-order valence-corrected chi connectivity index (χ3v) is 5.00. The molecular formula is C14H25N5O. The maximum Gasteiger partial charge on any atom is 0.177 e. The van der Waals surface area contributed by atoms with Crippen LogP contribution < -0.4 is 0 Å². The van der Waals surface area contributed by atoms with E-state index in [1.165, 1.54) is 36.9 Å². The number of tetrazole rings is 1. The van der Waals surface area contributed by atoms with Gasteiger partial charge in [0.1, 0.15) is 0 Å². The van der Waals surface area contributed by atoms with Gasteiger partial charge >= 0.3 is 0 Å². The number of rotatable bonds is 4. The number of hydrogen-bond donors (Lipinski definition) is 1. The number of aromatic nitrogens is 4. The highest BCUT2D eigenvalue weighted by Gasteiger charge is 2.45. The zero-order valence-electron chi connectivity index (χ0n) is 12.3. The fraction of sp³-hybridized carbons (Fsp3) is 0.929. The van der Waals surface area contributed by atoms with Gasteiger partial charge in [0.25, 0.3) is 0 Å². The molecule has 3 rings (SSSR count). The summed E-state index contributed by atoms with van der Waals surface area (Å²) in [6.45, 7) is 2.26. The zero-order valence-corrected chi connectivity index (χ0v) is 12.3. The fourth-order valence-electron chi connectivity index (χ4n) is 3.95. The van der Waals surface area contributed by atoms with Gasteiger partial charge in [0.05, 0.1) is 13.2 Å². The Morgan fingerprint density at radius 3 is 2.45 bits per heavy atom. The van der Waals surface area contributed by atoms with Crippen molar-refractivity contribution in [2.24, 2.45) is 7.05 Å². The third kappa shape index (κ3) is 2.59. The first-order valence-electron chi connectivity index (χ1n) is 7.87. The molecule has 1 atom stereocenters. The number of piperidine rings is 1. The molecule has 0 amide bonds. The highest BCUT2D eigenvalue weighted by atomic mass is 16.3. The first-order valence-corrected chi connectivity index (χ1v) is 7.87.